The molecule has 3 heteroatoms. The van der Waals surface area contributed by atoms with Gasteiger partial charge in [-0.25, -0.2) is 0 Å². The van der Waals surface area contributed by atoms with Crippen LogP contribution in [0.5, 0.6) is 11.5 Å². The van der Waals surface area contributed by atoms with Gasteiger partial charge in [0, 0.05) is 11.7 Å². The molecule has 0 saturated carbocycles. The number of ether oxygens (including phenoxy) is 1. The molecule has 0 aromatic heterocycles. The summed E-state index contributed by atoms with van der Waals surface area (Å²) in [6.45, 7) is 2.11. The van der Waals surface area contributed by atoms with Gasteiger partial charge in [-0.1, -0.05) is 31.5 Å². The van der Waals surface area contributed by atoms with Gasteiger partial charge in [-0.05, 0) is 42.3 Å². The first-order valence-electron chi connectivity index (χ1n) is 6.58. The fourth-order valence-corrected chi connectivity index (χ4v) is 2.03. The van der Waals surface area contributed by atoms with Gasteiger partial charge < -0.3 is 16.2 Å². The van der Waals surface area contributed by atoms with E-state index in [1.165, 1.54) is 0 Å². The Labute approximate surface area is 114 Å². The number of hydrogen-bond acceptors (Lipinski definition) is 3. The van der Waals surface area contributed by atoms with Crippen LogP contribution in [0.4, 0.5) is 5.69 Å². The number of hydrogen-bond donors (Lipinski definition) is 2. The van der Waals surface area contributed by atoms with Crippen LogP contribution in [0, 0.1) is 0 Å². The minimum atomic E-state index is -0.0377. The molecule has 0 aliphatic heterocycles. The minimum absolute atomic E-state index is 0.0377. The molecule has 1 atom stereocenters. The van der Waals surface area contributed by atoms with Crippen molar-refractivity contribution in [1.82, 2.24) is 0 Å². The van der Waals surface area contributed by atoms with Crippen molar-refractivity contribution in [3.8, 4) is 11.5 Å². The van der Waals surface area contributed by atoms with E-state index in [1.54, 1.807) is 0 Å². The summed E-state index contributed by atoms with van der Waals surface area (Å²) < 4.78 is 5.79. The Kier molecular flexibility index (Phi) is 4.42. The summed E-state index contributed by atoms with van der Waals surface area (Å²) in [7, 11) is 0. The number of benzene rings is 2. The zero-order valence-electron chi connectivity index (χ0n) is 11.2. The highest BCUT2D eigenvalue weighted by molar-refractivity contribution is 5.52. The van der Waals surface area contributed by atoms with E-state index in [0.29, 0.717) is 0 Å². The minimum Gasteiger partial charge on any atom is -0.457 e. The summed E-state index contributed by atoms with van der Waals surface area (Å²) in [6.07, 6.45) is 1.95. The molecule has 4 N–H and O–H groups in total. The van der Waals surface area contributed by atoms with Crippen molar-refractivity contribution in [1.29, 1.82) is 0 Å². The third-order valence-electron chi connectivity index (χ3n) is 3.04. The largest absolute Gasteiger partial charge is 0.457 e. The average Bonchev–Trinajstić information content (AvgIpc) is 2.42. The van der Waals surface area contributed by atoms with Crippen molar-refractivity contribution in [2.45, 2.75) is 25.8 Å². The third kappa shape index (κ3) is 3.48. The van der Waals surface area contributed by atoms with E-state index in [4.69, 9.17) is 16.2 Å². The van der Waals surface area contributed by atoms with Crippen LogP contribution in [-0.4, -0.2) is 0 Å². The monoisotopic (exact) mass is 256 g/mol. The van der Waals surface area contributed by atoms with Gasteiger partial charge in [0.1, 0.15) is 11.5 Å². The van der Waals surface area contributed by atoms with E-state index in [0.717, 1.165) is 35.6 Å². The zero-order valence-corrected chi connectivity index (χ0v) is 11.2. The van der Waals surface area contributed by atoms with Gasteiger partial charge in [-0.2, -0.15) is 0 Å². The lowest BCUT2D eigenvalue weighted by atomic mass is 10.0. The van der Waals surface area contributed by atoms with Crippen molar-refractivity contribution in [3.05, 3.63) is 54.1 Å². The highest BCUT2D eigenvalue weighted by Crippen LogP contribution is 2.29. The van der Waals surface area contributed by atoms with Gasteiger partial charge >= 0.3 is 0 Å². The van der Waals surface area contributed by atoms with Gasteiger partial charge in [0.05, 0.1) is 0 Å². The maximum Gasteiger partial charge on any atom is 0.127 e. The molecule has 0 amide bonds. The summed E-state index contributed by atoms with van der Waals surface area (Å²) in [4.78, 5) is 0. The van der Waals surface area contributed by atoms with E-state index in [9.17, 15) is 0 Å². The molecule has 0 fully saturated rings. The second kappa shape index (κ2) is 6.25. The van der Waals surface area contributed by atoms with E-state index in [2.05, 4.69) is 6.92 Å². The molecule has 3 nitrogen and oxygen atoms in total. The van der Waals surface area contributed by atoms with Crippen molar-refractivity contribution in [2.75, 3.05) is 5.73 Å². The topological polar surface area (TPSA) is 61.3 Å². The van der Waals surface area contributed by atoms with Crippen LogP contribution in [0.1, 0.15) is 31.4 Å². The molecule has 2 aromatic carbocycles. The molecule has 2 rings (SSSR count). The van der Waals surface area contributed by atoms with E-state index in [-0.39, 0.29) is 6.04 Å². The van der Waals surface area contributed by atoms with E-state index < -0.39 is 0 Å². The number of nitrogen functional groups attached to an aromatic ring is 1. The molecule has 0 saturated heterocycles. The third-order valence-corrected chi connectivity index (χ3v) is 3.04. The maximum atomic E-state index is 6.13. The molecule has 2 aromatic rings. The van der Waals surface area contributed by atoms with Crippen molar-refractivity contribution in [3.63, 3.8) is 0 Å². The summed E-state index contributed by atoms with van der Waals surface area (Å²) >= 11 is 0. The smallest absolute Gasteiger partial charge is 0.127 e. The van der Waals surface area contributed by atoms with Crippen molar-refractivity contribution >= 4 is 5.69 Å². The SMILES string of the molecule is CCCC(N)c1cc(Oc2ccccc2)ccc1N. The van der Waals surface area contributed by atoms with Crippen LogP contribution in [-0.2, 0) is 0 Å². The van der Waals surface area contributed by atoms with E-state index >= 15 is 0 Å². The number of rotatable bonds is 5. The van der Waals surface area contributed by atoms with Gasteiger partial charge in [-0.15, -0.1) is 0 Å². The quantitative estimate of drug-likeness (QED) is 0.798. The summed E-state index contributed by atoms with van der Waals surface area (Å²) in [5.41, 5.74) is 13.8. The van der Waals surface area contributed by atoms with Crippen molar-refractivity contribution in [2.24, 2.45) is 5.73 Å². The number of anilines is 1. The van der Waals surface area contributed by atoms with Gasteiger partial charge in [-0.3, -0.25) is 0 Å². The van der Waals surface area contributed by atoms with Crippen LogP contribution in [0.3, 0.4) is 0 Å². The molecule has 19 heavy (non-hydrogen) atoms. The molecule has 1 unspecified atom stereocenters. The lowest BCUT2D eigenvalue weighted by Gasteiger charge is -2.15. The highest BCUT2D eigenvalue weighted by Gasteiger charge is 2.10. The zero-order chi connectivity index (χ0) is 13.7. The van der Waals surface area contributed by atoms with Gasteiger partial charge in [0.2, 0.25) is 0 Å². The van der Waals surface area contributed by atoms with Gasteiger partial charge in [0.25, 0.3) is 0 Å². The van der Waals surface area contributed by atoms with Gasteiger partial charge in [0.15, 0.2) is 0 Å². The highest BCUT2D eigenvalue weighted by atomic mass is 16.5. The Morgan fingerprint density at radius 2 is 1.79 bits per heavy atom. The Morgan fingerprint density at radius 3 is 2.47 bits per heavy atom. The normalized spacial score (nSPS) is 12.1. The predicted octanol–water partition coefficient (Wildman–Crippen LogP) is 3.86. The molecule has 0 aliphatic carbocycles. The average molecular weight is 256 g/mol. The lowest BCUT2D eigenvalue weighted by Crippen LogP contribution is -2.12. The first-order valence-corrected chi connectivity index (χ1v) is 6.58. The molecular formula is C16H20N2O. The Balaban J connectivity index is 2.21. The molecule has 0 radical (unpaired) electrons. The molecule has 0 heterocycles. The molecular weight excluding hydrogens is 236 g/mol. The molecule has 0 spiro atoms. The fourth-order valence-electron chi connectivity index (χ4n) is 2.03. The molecule has 100 valence electrons. The Hall–Kier alpha value is -2.00. The van der Waals surface area contributed by atoms with Crippen molar-refractivity contribution < 1.29 is 4.74 Å². The molecule has 0 bridgehead atoms. The summed E-state index contributed by atoms with van der Waals surface area (Å²) in [6, 6.07) is 15.3. The van der Waals surface area contributed by atoms with Crippen LogP contribution < -0.4 is 16.2 Å². The molecule has 0 aliphatic rings. The second-order valence-corrected chi connectivity index (χ2v) is 4.60. The maximum absolute atomic E-state index is 6.13. The summed E-state index contributed by atoms with van der Waals surface area (Å²) in [5, 5.41) is 0. The standard InChI is InChI=1S/C16H20N2O/c1-2-6-15(17)14-11-13(9-10-16(14)18)19-12-7-4-3-5-8-12/h3-5,7-11,15H,2,6,17-18H2,1H3. The number of para-hydroxylation sites is 1. The number of nitrogens with two attached hydrogens (primary N) is 2. The van der Waals surface area contributed by atoms with Crippen LogP contribution in [0.15, 0.2) is 48.5 Å². The first-order chi connectivity index (χ1) is 9.20. The summed E-state index contributed by atoms with van der Waals surface area (Å²) in [5.74, 6) is 1.57. The fraction of sp³-hybridized carbons (Fsp3) is 0.250. The van der Waals surface area contributed by atoms with E-state index in [1.807, 2.05) is 48.5 Å². The van der Waals surface area contributed by atoms with Crippen LogP contribution >= 0.6 is 0 Å². The lowest BCUT2D eigenvalue weighted by molar-refractivity contribution is 0.481. The van der Waals surface area contributed by atoms with Crippen LogP contribution in [0.2, 0.25) is 0 Å². The Morgan fingerprint density at radius 1 is 1.05 bits per heavy atom. The van der Waals surface area contributed by atoms with Crippen LogP contribution in [0.25, 0.3) is 0 Å². The predicted molar refractivity (Wildman–Crippen MR) is 79.2 cm³/mol. The first kappa shape index (κ1) is 13.4. The second-order valence-electron chi connectivity index (χ2n) is 4.60. The Bertz CT molecular complexity index is 526.